The number of anilines is 1. The summed E-state index contributed by atoms with van der Waals surface area (Å²) in [6, 6.07) is 6.38. The molecule has 0 spiro atoms. The Labute approximate surface area is 195 Å². The zero-order valence-corrected chi connectivity index (χ0v) is 19.9. The number of carbonyl (C=O) groups excluding carboxylic acids is 1. The number of carbonyl (C=O) groups is 1. The van der Waals surface area contributed by atoms with Crippen molar-refractivity contribution in [1.82, 2.24) is 5.32 Å². The molecule has 1 heterocycles. The number of hydrogen-bond donors (Lipinski definition) is 4. The third-order valence-corrected chi connectivity index (χ3v) is 7.09. The van der Waals surface area contributed by atoms with E-state index in [1.54, 1.807) is 24.3 Å². The predicted molar refractivity (Wildman–Crippen MR) is 130 cm³/mol. The summed E-state index contributed by atoms with van der Waals surface area (Å²) in [4.78, 5) is 17.1. The lowest BCUT2D eigenvalue weighted by Crippen LogP contribution is -2.40. The van der Waals surface area contributed by atoms with Gasteiger partial charge in [0, 0.05) is 30.5 Å². The average molecular weight is 473 g/mol. The van der Waals surface area contributed by atoms with Gasteiger partial charge in [-0.1, -0.05) is 38.0 Å². The minimum Gasteiger partial charge on any atom is -0.396 e. The van der Waals surface area contributed by atoms with E-state index in [9.17, 15) is 18.3 Å². The summed E-state index contributed by atoms with van der Waals surface area (Å²) in [5.41, 5.74) is 7.23. The molecule has 1 aliphatic heterocycles. The van der Waals surface area contributed by atoms with E-state index in [0.29, 0.717) is 17.9 Å². The van der Waals surface area contributed by atoms with Gasteiger partial charge in [0.15, 0.2) is 9.84 Å². The fourth-order valence-corrected chi connectivity index (χ4v) is 4.77. The Morgan fingerprint density at radius 1 is 1.27 bits per heavy atom. The maximum absolute atomic E-state index is 12.2. The van der Waals surface area contributed by atoms with Crippen LogP contribution in [0.5, 0.6) is 0 Å². The van der Waals surface area contributed by atoms with Gasteiger partial charge >= 0.3 is 0 Å². The van der Waals surface area contributed by atoms with Crippen molar-refractivity contribution in [1.29, 1.82) is 0 Å². The van der Waals surface area contributed by atoms with Crippen LogP contribution in [-0.4, -0.2) is 44.2 Å². The summed E-state index contributed by atoms with van der Waals surface area (Å²) < 4.78 is 23.9. The quantitative estimate of drug-likeness (QED) is 0.482. The van der Waals surface area contributed by atoms with E-state index >= 15 is 0 Å². The molecular formula is C24H32N4O4S. The van der Waals surface area contributed by atoms with Gasteiger partial charge in [0.1, 0.15) is 11.7 Å². The first-order valence-electron chi connectivity index (χ1n) is 11.2. The van der Waals surface area contributed by atoms with E-state index in [0.717, 1.165) is 37.5 Å². The summed E-state index contributed by atoms with van der Waals surface area (Å²) in [7, 11) is -3.40. The molecule has 0 aromatic heterocycles. The fraction of sp³-hybridized carbons (Fsp3) is 0.417. The molecule has 0 saturated heterocycles. The minimum absolute atomic E-state index is 0.0627. The number of benzene rings is 1. The molecule has 3 rings (SSSR count). The van der Waals surface area contributed by atoms with Crippen LogP contribution in [0, 0.1) is 5.92 Å². The maximum Gasteiger partial charge on any atom is 0.252 e. The summed E-state index contributed by atoms with van der Waals surface area (Å²) in [5.74, 6) is 0.299. The standard InChI is InChI=1S/C24H32N4O4S/c1-3-16-9-6-12-20(22(25)30)24(26-18-10-7-11-19(14-18)33(2,31)32)28-23(16)27-21-13-5-4-8-17(21)15-29/h6-7,9-12,14,17,21,29H,3-5,8,13,15H2,1-2H3,(H2,25,30)(H2,26,27,28)/t17-,21-/m1/s1. The van der Waals surface area contributed by atoms with Gasteiger partial charge in [-0.25, -0.2) is 13.4 Å². The number of hydrogen-bond acceptors (Lipinski definition) is 7. The maximum atomic E-state index is 12.2. The van der Waals surface area contributed by atoms with E-state index in [1.807, 2.05) is 13.0 Å². The second-order valence-electron chi connectivity index (χ2n) is 8.39. The molecular weight excluding hydrogens is 440 g/mol. The van der Waals surface area contributed by atoms with Crippen molar-refractivity contribution in [3.8, 4) is 0 Å². The lowest BCUT2D eigenvalue weighted by Gasteiger charge is -2.32. The summed E-state index contributed by atoms with van der Waals surface area (Å²) in [6.45, 7) is 2.12. The highest BCUT2D eigenvalue weighted by atomic mass is 32.2. The number of aliphatic hydroxyl groups excluding tert-OH is 1. The zero-order valence-electron chi connectivity index (χ0n) is 19.0. The van der Waals surface area contributed by atoms with Crippen molar-refractivity contribution in [3.05, 3.63) is 59.5 Å². The van der Waals surface area contributed by atoms with Gasteiger partial charge in [0.25, 0.3) is 5.91 Å². The lowest BCUT2D eigenvalue weighted by atomic mass is 9.85. The number of nitrogens with one attached hydrogen (secondary N) is 2. The number of allylic oxidation sites excluding steroid dienone is 4. The molecule has 1 amide bonds. The van der Waals surface area contributed by atoms with Crippen molar-refractivity contribution in [2.24, 2.45) is 16.6 Å². The van der Waals surface area contributed by atoms with E-state index in [1.165, 1.54) is 12.1 Å². The summed E-state index contributed by atoms with van der Waals surface area (Å²) >= 11 is 0. The van der Waals surface area contributed by atoms with E-state index in [4.69, 9.17) is 10.7 Å². The first kappa shape index (κ1) is 24.7. The number of primary amides is 1. The molecule has 8 nitrogen and oxygen atoms in total. The number of nitrogens with two attached hydrogens (primary N) is 1. The van der Waals surface area contributed by atoms with Crippen molar-refractivity contribution < 1.29 is 18.3 Å². The van der Waals surface area contributed by atoms with Gasteiger partial charge in [0.2, 0.25) is 0 Å². The molecule has 1 aliphatic carbocycles. The van der Waals surface area contributed by atoms with Gasteiger partial charge in [-0.05, 0) is 49.1 Å². The fourth-order valence-electron chi connectivity index (χ4n) is 4.10. The van der Waals surface area contributed by atoms with E-state index in [2.05, 4.69) is 10.6 Å². The number of rotatable bonds is 7. The van der Waals surface area contributed by atoms with Crippen LogP contribution in [0.15, 0.2) is 69.3 Å². The first-order valence-corrected chi connectivity index (χ1v) is 13.1. The van der Waals surface area contributed by atoms with Crippen LogP contribution in [0.25, 0.3) is 0 Å². The third-order valence-electron chi connectivity index (χ3n) is 5.98. The molecule has 5 N–H and O–H groups in total. The Hall–Kier alpha value is -2.91. The largest absolute Gasteiger partial charge is 0.396 e. The SMILES string of the molecule is CCC1=C(N[C@@H]2CCCC[C@@H]2CO)/N=C(Nc2cccc(S(C)(=O)=O)c2)\C(C(N)=O)=C\C=C\1. The van der Waals surface area contributed by atoms with Gasteiger partial charge in [0.05, 0.1) is 10.5 Å². The molecule has 9 heteroatoms. The summed E-state index contributed by atoms with van der Waals surface area (Å²) in [5, 5.41) is 16.4. The van der Waals surface area contributed by atoms with Crippen LogP contribution in [0.1, 0.15) is 39.0 Å². The molecule has 0 bridgehead atoms. The smallest absolute Gasteiger partial charge is 0.252 e. The first-order chi connectivity index (χ1) is 15.7. The highest BCUT2D eigenvalue weighted by molar-refractivity contribution is 7.90. The van der Waals surface area contributed by atoms with Crippen LogP contribution in [0.4, 0.5) is 5.69 Å². The zero-order chi connectivity index (χ0) is 24.0. The van der Waals surface area contributed by atoms with Gasteiger partial charge in [-0.2, -0.15) is 0 Å². The van der Waals surface area contributed by atoms with Crippen molar-refractivity contribution in [2.75, 3.05) is 18.2 Å². The minimum atomic E-state index is -3.40. The number of sulfone groups is 1. The molecule has 0 radical (unpaired) electrons. The third kappa shape index (κ3) is 6.33. The summed E-state index contributed by atoms with van der Waals surface area (Å²) in [6.07, 6.45) is 11.1. The van der Waals surface area contributed by atoms with E-state index < -0.39 is 15.7 Å². The normalized spacial score (nSPS) is 27.8. The molecule has 0 unspecified atom stereocenters. The van der Waals surface area contributed by atoms with Gasteiger partial charge in [-0.3, -0.25) is 4.79 Å². The number of amides is 1. The molecule has 33 heavy (non-hydrogen) atoms. The molecule has 1 aromatic rings. The Morgan fingerprint density at radius 3 is 2.70 bits per heavy atom. The Bertz CT molecular complexity index is 1120. The van der Waals surface area contributed by atoms with Crippen LogP contribution >= 0.6 is 0 Å². The molecule has 2 aliphatic rings. The molecule has 1 aromatic carbocycles. The Balaban J connectivity index is 2.03. The Morgan fingerprint density at radius 2 is 2.03 bits per heavy atom. The van der Waals surface area contributed by atoms with Crippen LogP contribution in [0.3, 0.4) is 0 Å². The average Bonchev–Trinajstić information content (AvgIpc) is 2.77. The van der Waals surface area contributed by atoms with Crippen molar-refractivity contribution in [2.45, 2.75) is 50.0 Å². The monoisotopic (exact) mass is 472 g/mol. The number of aliphatic imine (C=N–C) groups is 1. The topological polar surface area (TPSA) is 134 Å². The predicted octanol–water partition coefficient (Wildman–Crippen LogP) is 2.64. The number of amidine groups is 1. The highest BCUT2D eigenvalue weighted by Crippen LogP contribution is 2.27. The molecule has 1 saturated carbocycles. The molecule has 1 fully saturated rings. The van der Waals surface area contributed by atoms with Crippen molar-refractivity contribution in [3.63, 3.8) is 0 Å². The van der Waals surface area contributed by atoms with Crippen LogP contribution < -0.4 is 16.4 Å². The molecule has 2 atom stereocenters. The van der Waals surface area contributed by atoms with Crippen LogP contribution in [0.2, 0.25) is 0 Å². The second kappa shape index (κ2) is 10.8. The second-order valence-corrected chi connectivity index (χ2v) is 10.4. The Kier molecular flexibility index (Phi) is 8.10. The highest BCUT2D eigenvalue weighted by Gasteiger charge is 2.26. The number of nitrogens with zero attached hydrogens (tertiary/aromatic N) is 1. The van der Waals surface area contributed by atoms with Gasteiger partial charge in [-0.15, -0.1) is 0 Å². The molecule has 178 valence electrons. The van der Waals surface area contributed by atoms with E-state index in [-0.39, 0.29) is 34.9 Å². The van der Waals surface area contributed by atoms with Gasteiger partial charge < -0.3 is 21.5 Å². The van der Waals surface area contributed by atoms with Crippen molar-refractivity contribution >= 4 is 27.3 Å². The lowest BCUT2D eigenvalue weighted by molar-refractivity contribution is -0.114. The number of aliphatic hydroxyl groups is 1. The van der Waals surface area contributed by atoms with Crippen LogP contribution in [-0.2, 0) is 14.6 Å².